The van der Waals surface area contributed by atoms with Crippen molar-refractivity contribution >= 4 is 21.6 Å². The number of hydrogen-bond acceptors (Lipinski definition) is 4. The van der Waals surface area contributed by atoms with Crippen molar-refractivity contribution < 1.29 is 26.7 Å². The van der Waals surface area contributed by atoms with Gasteiger partial charge in [0.25, 0.3) is 5.91 Å². The Morgan fingerprint density at radius 2 is 1.88 bits per heavy atom. The number of nitrogens with one attached hydrogen (secondary N) is 2. The highest BCUT2D eigenvalue weighted by Crippen LogP contribution is 2.20. The first kappa shape index (κ1) is 19.4. The van der Waals surface area contributed by atoms with Crippen molar-refractivity contribution in [2.24, 2.45) is 0 Å². The molecular weight excluding hydrogens is 366 g/mol. The van der Waals surface area contributed by atoms with E-state index in [0.717, 1.165) is 0 Å². The molecule has 6 nitrogen and oxygen atoms in total. The second kappa shape index (κ2) is 8.42. The zero-order valence-corrected chi connectivity index (χ0v) is 14.1. The maximum absolute atomic E-state index is 12.2. The molecule has 0 radical (unpaired) electrons. The van der Waals surface area contributed by atoms with Crippen molar-refractivity contribution in [3.8, 4) is 18.1 Å². The first-order valence-corrected chi connectivity index (χ1v) is 8.69. The van der Waals surface area contributed by atoms with Crippen LogP contribution in [0.15, 0.2) is 53.4 Å². The molecule has 0 atom stereocenters. The first-order chi connectivity index (χ1) is 12.3. The van der Waals surface area contributed by atoms with Gasteiger partial charge in [0, 0.05) is 17.3 Å². The number of anilines is 1. The second-order valence-electron chi connectivity index (χ2n) is 4.91. The number of hydrogen-bond donors (Lipinski definition) is 2. The number of halogens is 2. The lowest BCUT2D eigenvalue weighted by molar-refractivity contribution is -0.0498. The largest absolute Gasteiger partial charge is 0.435 e. The predicted molar refractivity (Wildman–Crippen MR) is 91.5 cm³/mol. The minimum absolute atomic E-state index is 0.0448. The minimum Gasteiger partial charge on any atom is -0.435 e. The SMILES string of the molecule is C#CCNS(=O)(=O)c1ccc(C(=O)Nc2cccc(OC(F)F)c2)cc1. The normalized spacial score (nSPS) is 11.0. The summed E-state index contributed by atoms with van der Waals surface area (Å²) in [6.07, 6.45) is 5.01. The van der Waals surface area contributed by atoms with E-state index in [1.165, 1.54) is 48.5 Å². The van der Waals surface area contributed by atoms with Crippen LogP contribution in [0.3, 0.4) is 0 Å². The lowest BCUT2D eigenvalue weighted by atomic mass is 10.2. The Hall–Kier alpha value is -2.96. The molecule has 0 saturated carbocycles. The number of carbonyl (C=O) groups excluding carboxylic acids is 1. The molecule has 0 fully saturated rings. The minimum atomic E-state index is -3.75. The predicted octanol–water partition coefficient (Wildman–Crippen LogP) is 2.45. The quantitative estimate of drug-likeness (QED) is 0.723. The average molecular weight is 380 g/mol. The molecule has 0 bridgehead atoms. The summed E-state index contributed by atoms with van der Waals surface area (Å²) < 4.78 is 54.7. The molecule has 0 aromatic heterocycles. The van der Waals surface area contributed by atoms with Gasteiger partial charge in [-0.25, -0.2) is 8.42 Å². The standard InChI is InChI=1S/C17H14F2N2O4S/c1-2-10-20-26(23,24)15-8-6-12(7-9-15)16(22)21-13-4-3-5-14(11-13)25-17(18)19/h1,3-9,11,17,20H,10H2,(H,21,22). The molecule has 0 saturated heterocycles. The Balaban J connectivity index is 2.10. The third-order valence-electron chi connectivity index (χ3n) is 3.11. The van der Waals surface area contributed by atoms with Gasteiger partial charge in [0.2, 0.25) is 10.0 Å². The van der Waals surface area contributed by atoms with Gasteiger partial charge in [-0.3, -0.25) is 4.79 Å². The van der Waals surface area contributed by atoms with E-state index >= 15 is 0 Å². The summed E-state index contributed by atoms with van der Waals surface area (Å²) in [7, 11) is -3.75. The summed E-state index contributed by atoms with van der Waals surface area (Å²) in [5.41, 5.74) is 0.432. The van der Waals surface area contributed by atoms with Gasteiger partial charge in [-0.2, -0.15) is 13.5 Å². The summed E-state index contributed by atoms with van der Waals surface area (Å²) in [5, 5.41) is 2.51. The van der Waals surface area contributed by atoms with E-state index in [1.54, 1.807) is 0 Å². The molecule has 2 aromatic carbocycles. The van der Waals surface area contributed by atoms with Crippen LogP contribution in [0.25, 0.3) is 0 Å². The molecule has 1 amide bonds. The summed E-state index contributed by atoms with van der Waals surface area (Å²) in [6.45, 7) is -3.12. The third kappa shape index (κ3) is 5.27. The second-order valence-corrected chi connectivity index (χ2v) is 6.68. The number of sulfonamides is 1. The van der Waals surface area contributed by atoms with Gasteiger partial charge in [0.05, 0.1) is 11.4 Å². The van der Waals surface area contributed by atoms with E-state index in [9.17, 15) is 22.0 Å². The van der Waals surface area contributed by atoms with E-state index in [-0.39, 0.29) is 28.4 Å². The summed E-state index contributed by atoms with van der Waals surface area (Å²) in [4.78, 5) is 12.1. The number of alkyl halides is 2. The summed E-state index contributed by atoms with van der Waals surface area (Å²) >= 11 is 0. The van der Waals surface area contributed by atoms with Crippen molar-refractivity contribution in [3.05, 3.63) is 54.1 Å². The zero-order chi connectivity index (χ0) is 19.2. The van der Waals surface area contributed by atoms with Gasteiger partial charge >= 0.3 is 6.61 Å². The lowest BCUT2D eigenvalue weighted by Crippen LogP contribution is -2.24. The highest BCUT2D eigenvalue weighted by Gasteiger charge is 2.14. The Bertz CT molecular complexity index is 923. The van der Waals surface area contributed by atoms with Crippen molar-refractivity contribution in [3.63, 3.8) is 0 Å². The average Bonchev–Trinajstić information content (AvgIpc) is 2.60. The molecule has 2 aromatic rings. The molecule has 0 aliphatic carbocycles. The molecule has 0 spiro atoms. The number of ether oxygens (including phenoxy) is 1. The van der Waals surface area contributed by atoms with Crippen LogP contribution in [-0.4, -0.2) is 27.5 Å². The molecule has 26 heavy (non-hydrogen) atoms. The van der Waals surface area contributed by atoms with Crippen LogP contribution in [0.1, 0.15) is 10.4 Å². The van der Waals surface area contributed by atoms with Gasteiger partial charge < -0.3 is 10.1 Å². The molecule has 2 N–H and O–H groups in total. The van der Waals surface area contributed by atoms with Gasteiger partial charge in [-0.1, -0.05) is 12.0 Å². The van der Waals surface area contributed by atoms with Crippen LogP contribution in [0.5, 0.6) is 5.75 Å². The molecule has 0 aliphatic heterocycles. The number of rotatable bonds is 7. The van der Waals surface area contributed by atoms with Gasteiger partial charge in [0.15, 0.2) is 0 Å². The Kier molecular flexibility index (Phi) is 6.27. The number of carbonyl (C=O) groups is 1. The highest BCUT2D eigenvalue weighted by atomic mass is 32.2. The number of benzene rings is 2. The van der Waals surface area contributed by atoms with Crippen molar-refractivity contribution in [1.82, 2.24) is 4.72 Å². The van der Waals surface area contributed by atoms with Crippen molar-refractivity contribution in [2.75, 3.05) is 11.9 Å². The van der Waals surface area contributed by atoms with Crippen LogP contribution >= 0.6 is 0 Å². The van der Waals surface area contributed by atoms with E-state index in [2.05, 4.69) is 20.7 Å². The van der Waals surface area contributed by atoms with Gasteiger partial charge in [0.1, 0.15) is 5.75 Å². The lowest BCUT2D eigenvalue weighted by Gasteiger charge is -2.09. The Morgan fingerprint density at radius 1 is 1.19 bits per heavy atom. The molecule has 9 heteroatoms. The van der Waals surface area contributed by atoms with Gasteiger partial charge in [-0.05, 0) is 36.4 Å². The van der Waals surface area contributed by atoms with E-state index < -0.39 is 22.5 Å². The van der Waals surface area contributed by atoms with Crippen LogP contribution in [0.4, 0.5) is 14.5 Å². The fraction of sp³-hybridized carbons (Fsp3) is 0.118. The third-order valence-corrected chi connectivity index (χ3v) is 4.53. The zero-order valence-electron chi connectivity index (χ0n) is 13.3. The molecule has 136 valence electrons. The summed E-state index contributed by atoms with van der Waals surface area (Å²) in [5.74, 6) is 1.51. The monoisotopic (exact) mass is 380 g/mol. The van der Waals surface area contributed by atoms with E-state index in [0.29, 0.717) is 0 Å². The first-order valence-electron chi connectivity index (χ1n) is 7.21. The molecule has 0 heterocycles. The van der Waals surface area contributed by atoms with E-state index in [4.69, 9.17) is 6.42 Å². The van der Waals surface area contributed by atoms with E-state index in [1.807, 2.05) is 0 Å². The van der Waals surface area contributed by atoms with Crippen LogP contribution < -0.4 is 14.8 Å². The van der Waals surface area contributed by atoms with Gasteiger partial charge in [-0.15, -0.1) is 6.42 Å². The molecular formula is C17H14F2N2O4S. The van der Waals surface area contributed by atoms with Crippen molar-refractivity contribution in [1.29, 1.82) is 0 Å². The summed E-state index contributed by atoms with van der Waals surface area (Å²) in [6, 6.07) is 10.7. The Morgan fingerprint density at radius 3 is 2.50 bits per heavy atom. The molecule has 2 rings (SSSR count). The smallest absolute Gasteiger partial charge is 0.387 e. The maximum atomic E-state index is 12.2. The van der Waals surface area contributed by atoms with Crippen LogP contribution in [0, 0.1) is 12.3 Å². The highest BCUT2D eigenvalue weighted by molar-refractivity contribution is 7.89. The van der Waals surface area contributed by atoms with Crippen molar-refractivity contribution in [2.45, 2.75) is 11.5 Å². The molecule has 0 unspecified atom stereocenters. The maximum Gasteiger partial charge on any atom is 0.387 e. The fourth-order valence-corrected chi connectivity index (χ4v) is 2.89. The van der Waals surface area contributed by atoms with Crippen LogP contribution in [0.2, 0.25) is 0 Å². The fourth-order valence-electron chi connectivity index (χ4n) is 1.96. The topological polar surface area (TPSA) is 84.5 Å². The number of amides is 1. The Labute approximate surface area is 149 Å². The molecule has 0 aliphatic rings. The number of terminal acetylenes is 1. The van der Waals surface area contributed by atoms with Crippen LogP contribution in [-0.2, 0) is 10.0 Å².